The van der Waals surface area contributed by atoms with E-state index in [0.29, 0.717) is 16.4 Å². The SMILES string of the molecule is Cc1ccc([C@H](Cc2nn[nH]n2)NC(=O)Nc2c(O)c(C)cn(Cc3ccccc3Cl)c2=O)cc1. The van der Waals surface area contributed by atoms with Crippen LogP contribution in [-0.2, 0) is 13.0 Å². The highest BCUT2D eigenvalue weighted by molar-refractivity contribution is 6.31. The third kappa shape index (κ3) is 5.67. The summed E-state index contributed by atoms with van der Waals surface area (Å²) < 4.78 is 1.39. The summed E-state index contributed by atoms with van der Waals surface area (Å²) in [6.45, 7) is 3.79. The third-order valence-corrected chi connectivity index (χ3v) is 5.90. The first-order valence-corrected chi connectivity index (χ1v) is 11.2. The van der Waals surface area contributed by atoms with Crippen LogP contribution >= 0.6 is 11.6 Å². The largest absolute Gasteiger partial charge is 0.505 e. The fraction of sp³-hybridized carbons (Fsp3) is 0.208. The van der Waals surface area contributed by atoms with Gasteiger partial charge in [-0.25, -0.2) is 4.79 Å². The summed E-state index contributed by atoms with van der Waals surface area (Å²) in [6.07, 6.45) is 1.79. The molecule has 0 bridgehead atoms. The predicted molar refractivity (Wildman–Crippen MR) is 132 cm³/mol. The maximum absolute atomic E-state index is 13.1. The number of aromatic hydroxyl groups is 1. The van der Waals surface area contributed by atoms with Gasteiger partial charge in [0.05, 0.1) is 12.6 Å². The lowest BCUT2D eigenvalue weighted by Crippen LogP contribution is -2.36. The van der Waals surface area contributed by atoms with Gasteiger partial charge in [-0.1, -0.05) is 64.8 Å². The Morgan fingerprint density at radius 2 is 1.91 bits per heavy atom. The number of halogens is 1. The number of nitrogens with one attached hydrogen (secondary N) is 3. The average molecular weight is 494 g/mol. The smallest absolute Gasteiger partial charge is 0.319 e. The van der Waals surface area contributed by atoms with E-state index in [-0.39, 0.29) is 24.4 Å². The van der Waals surface area contributed by atoms with E-state index in [1.54, 1.807) is 25.1 Å². The fourth-order valence-electron chi connectivity index (χ4n) is 3.65. The van der Waals surface area contributed by atoms with E-state index in [9.17, 15) is 14.7 Å². The van der Waals surface area contributed by atoms with Gasteiger partial charge in [-0.3, -0.25) is 4.79 Å². The number of aryl methyl sites for hydroxylation is 2. The Morgan fingerprint density at radius 3 is 2.60 bits per heavy atom. The molecule has 0 saturated carbocycles. The van der Waals surface area contributed by atoms with Crippen LogP contribution in [-0.4, -0.2) is 36.3 Å². The Kier molecular flexibility index (Phi) is 7.11. The van der Waals surface area contributed by atoms with E-state index in [1.807, 2.05) is 37.3 Å². The van der Waals surface area contributed by atoms with Crippen molar-refractivity contribution in [2.45, 2.75) is 32.9 Å². The zero-order chi connectivity index (χ0) is 24.9. The second kappa shape index (κ2) is 10.4. The van der Waals surface area contributed by atoms with Gasteiger partial charge < -0.3 is 20.3 Å². The van der Waals surface area contributed by atoms with Gasteiger partial charge in [0.2, 0.25) is 0 Å². The number of pyridine rings is 1. The number of H-pyrrole nitrogens is 1. The third-order valence-electron chi connectivity index (χ3n) is 5.53. The molecule has 4 rings (SSSR count). The quantitative estimate of drug-likeness (QED) is 0.311. The molecule has 11 heteroatoms. The summed E-state index contributed by atoms with van der Waals surface area (Å²) in [4.78, 5) is 26.1. The van der Waals surface area contributed by atoms with Crippen LogP contribution in [0.4, 0.5) is 10.5 Å². The van der Waals surface area contributed by atoms with Gasteiger partial charge in [0, 0.05) is 23.2 Å². The molecule has 0 spiro atoms. The van der Waals surface area contributed by atoms with Gasteiger partial charge in [-0.15, -0.1) is 10.2 Å². The van der Waals surface area contributed by atoms with E-state index in [2.05, 4.69) is 31.3 Å². The number of carbonyl (C=O) groups excluding carboxylic acids is 1. The second-order valence-electron chi connectivity index (χ2n) is 8.15. The number of tetrazole rings is 1. The molecule has 0 saturated heterocycles. The van der Waals surface area contributed by atoms with Crippen LogP contribution in [0.2, 0.25) is 5.02 Å². The van der Waals surface area contributed by atoms with Crippen molar-refractivity contribution in [1.82, 2.24) is 30.5 Å². The summed E-state index contributed by atoms with van der Waals surface area (Å²) in [6, 6.07) is 13.6. The first kappa shape index (κ1) is 24.0. The average Bonchev–Trinajstić information content (AvgIpc) is 3.35. The highest BCUT2D eigenvalue weighted by Gasteiger charge is 2.21. The molecule has 4 aromatic rings. The molecule has 0 aliphatic carbocycles. The van der Waals surface area contributed by atoms with E-state index in [1.165, 1.54) is 10.8 Å². The number of aromatic amines is 1. The Balaban J connectivity index is 1.59. The molecule has 180 valence electrons. The molecule has 0 unspecified atom stereocenters. The molecule has 2 aromatic carbocycles. The lowest BCUT2D eigenvalue weighted by molar-refractivity contribution is 0.248. The molecule has 2 heterocycles. The van der Waals surface area contributed by atoms with E-state index in [0.717, 1.165) is 16.7 Å². The molecule has 2 aromatic heterocycles. The first-order valence-electron chi connectivity index (χ1n) is 10.8. The maximum atomic E-state index is 13.1. The minimum absolute atomic E-state index is 0.180. The number of carbonyl (C=O) groups is 1. The number of aromatic nitrogens is 5. The molecule has 2 amide bonds. The van der Waals surface area contributed by atoms with Crippen LogP contribution in [0.25, 0.3) is 0 Å². The topological polar surface area (TPSA) is 138 Å². The zero-order valence-electron chi connectivity index (χ0n) is 19.1. The Bertz CT molecular complexity index is 1390. The van der Waals surface area contributed by atoms with Gasteiger partial charge in [-0.2, -0.15) is 5.21 Å². The highest BCUT2D eigenvalue weighted by atomic mass is 35.5. The number of benzene rings is 2. The standard InChI is InChI=1S/C24H24ClN7O3/c1-14-7-9-16(10-8-14)19(11-20-28-30-31-29-20)26-24(35)27-21-22(33)15(2)12-32(23(21)34)13-17-5-3-4-6-18(17)25/h3-10,12,19,33H,11,13H2,1-2H3,(H2,26,27,35)(H,28,29,30,31)/t19-/m0/s1. The van der Waals surface area contributed by atoms with Crippen molar-refractivity contribution >= 4 is 23.3 Å². The molecule has 4 N–H and O–H groups in total. The normalized spacial score (nSPS) is 11.7. The van der Waals surface area contributed by atoms with Crippen LogP contribution < -0.4 is 16.2 Å². The van der Waals surface area contributed by atoms with Crippen molar-refractivity contribution in [3.05, 3.63) is 98.2 Å². The molecule has 0 aliphatic rings. The summed E-state index contributed by atoms with van der Waals surface area (Å²) >= 11 is 6.24. The number of amides is 2. The summed E-state index contributed by atoms with van der Waals surface area (Å²) in [5.41, 5.74) is 2.26. The van der Waals surface area contributed by atoms with Gasteiger partial charge in [0.15, 0.2) is 11.5 Å². The lowest BCUT2D eigenvalue weighted by atomic mass is 10.0. The first-order chi connectivity index (χ1) is 16.8. The number of rotatable bonds is 7. The van der Waals surface area contributed by atoms with Crippen molar-refractivity contribution in [3.8, 4) is 5.75 Å². The van der Waals surface area contributed by atoms with E-state index < -0.39 is 17.6 Å². The predicted octanol–water partition coefficient (Wildman–Crippen LogP) is 3.49. The van der Waals surface area contributed by atoms with E-state index >= 15 is 0 Å². The number of anilines is 1. The van der Waals surface area contributed by atoms with Crippen molar-refractivity contribution in [2.75, 3.05) is 5.32 Å². The van der Waals surface area contributed by atoms with E-state index in [4.69, 9.17) is 11.6 Å². The molecule has 10 nitrogen and oxygen atoms in total. The molecular formula is C24H24ClN7O3. The minimum Gasteiger partial charge on any atom is -0.505 e. The zero-order valence-corrected chi connectivity index (χ0v) is 19.9. The number of nitrogens with zero attached hydrogens (tertiary/aromatic N) is 4. The number of hydrogen-bond acceptors (Lipinski definition) is 6. The molecular weight excluding hydrogens is 470 g/mol. The van der Waals surface area contributed by atoms with Crippen molar-refractivity contribution in [1.29, 1.82) is 0 Å². The summed E-state index contributed by atoms with van der Waals surface area (Å²) in [7, 11) is 0. The van der Waals surface area contributed by atoms with Crippen LogP contribution in [0.3, 0.4) is 0 Å². The number of urea groups is 1. The fourth-order valence-corrected chi connectivity index (χ4v) is 3.84. The second-order valence-corrected chi connectivity index (χ2v) is 8.56. The Labute approximate surface area is 206 Å². The summed E-state index contributed by atoms with van der Waals surface area (Å²) in [5.74, 6) is 0.113. The maximum Gasteiger partial charge on any atom is 0.319 e. The molecule has 0 aliphatic heterocycles. The van der Waals surface area contributed by atoms with Gasteiger partial charge in [-0.05, 0) is 31.0 Å². The van der Waals surface area contributed by atoms with Crippen molar-refractivity contribution in [2.24, 2.45) is 0 Å². The lowest BCUT2D eigenvalue weighted by Gasteiger charge is -2.19. The Morgan fingerprint density at radius 1 is 1.17 bits per heavy atom. The van der Waals surface area contributed by atoms with Crippen molar-refractivity contribution < 1.29 is 9.90 Å². The monoisotopic (exact) mass is 493 g/mol. The van der Waals surface area contributed by atoms with Crippen LogP contribution in [0, 0.1) is 13.8 Å². The van der Waals surface area contributed by atoms with Crippen LogP contribution in [0.5, 0.6) is 5.75 Å². The van der Waals surface area contributed by atoms with Gasteiger partial charge in [0.1, 0.15) is 5.75 Å². The Hall–Kier alpha value is -4.18. The number of hydrogen-bond donors (Lipinski definition) is 4. The van der Waals surface area contributed by atoms with Crippen LogP contribution in [0.15, 0.2) is 59.5 Å². The highest BCUT2D eigenvalue weighted by Crippen LogP contribution is 2.25. The van der Waals surface area contributed by atoms with Gasteiger partial charge in [0.25, 0.3) is 5.56 Å². The molecule has 1 atom stereocenters. The van der Waals surface area contributed by atoms with Crippen LogP contribution in [0.1, 0.15) is 34.1 Å². The summed E-state index contributed by atoms with van der Waals surface area (Å²) in [5, 5.41) is 30.3. The molecule has 35 heavy (non-hydrogen) atoms. The van der Waals surface area contributed by atoms with Gasteiger partial charge >= 0.3 is 6.03 Å². The minimum atomic E-state index is -0.665. The van der Waals surface area contributed by atoms with Crippen molar-refractivity contribution in [3.63, 3.8) is 0 Å². The molecule has 0 fully saturated rings. The molecule has 0 radical (unpaired) electrons.